The molecule has 6 heteroatoms. The van der Waals surface area contributed by atoms with Crippen LogP contribution in [0.4, 0.5) is 8.78 Å². The van der Waals surface area contributed by atoms with E-state index in [9.17, 15) is 13.6 Å². The van der Waals surface area contributed by atoms with Crippen molar-refractivity contribution in [2.45, 2.75) is 12.6 Å². The van der Waals surface area contributed by atoms with E-state index in [2.05, 4.69) is 0 Å². The normalized spacial score (nSPS) is 17.9. The van der Waals surface area contributed by atoms with Crippen molar-refractivity contribution in [3.05, 3.63) is 71.3 Å². The summed E-state index contributed by atoms with van der Waals surface area (Å²) in [6.45, 7) is 2.19. The fourth-order valence-corrected chi connectivity index (χ4v) is 3.01. The lowest BCUT2D eigenvalue weighted by Gasteiger charge is -2.33. The topological polar surface area (TPSA) is 32.8 Å². The van der Waals surface area contributed by atoms with Crippen LogP contribution in [0.15, 0.2) is 48.5 Å². The van der Waals surface area contributed by atoms with Gasteiger partial charge in [-0.05, 0) is 23.8 Å². The lowest BCUT2D eigenvalue weighted by atomic mass is 10.1. The van der Waals surface area contributed by atoms with Crippen LogP contribution >= 0.6 is 0 Å². The number of carbonyl (C=O) groups is 1. The van der Waals surface area contributed by atoms with Gasteiger partial charge in [0, 0.05) is 32.2 Å². The zero-order valence-corrected chi connectivity index (χ0v) is 14.7. The van der Waals surface area contributed by atoms with Crippen LogP contribution in [-0.4, -0.2) is 49.0 Å². The van der Waals surface area contributed by atoms with Crippen LogP contribution in [-0.2, 0) is 16.1 Å². The summed E-state index contributed by atoms with van der Waals surface area (Å²) in [5.74, 6) is -0.672. The second-order valence-electron chi connectivity index (χ2n) is 6.49. The number of hydrogen-bond donors (Lipinski definition) is 0. The van der Waals surface area contributed by atoms with Crippen molar-refractivity contribution in [1.29, 1.82) is 0 Å². The number of amides is 1. The molecule has 0 N–H and O–H groups in total. The number of nitrogens with zero attached hydrogens (tertiary/aromatic N) is 2. The van der Waals surface area contributed by atoms with E-state index < -0.39 is 0 Å². The first kappa shape index (κ1) is 18.5. The van der Waals surface area contributed by atoms with Gasteiger partial charge in [0.25, 0.3) is 0 Å². The Kier molecular flexibility index (Phi) is 5.96. The molecule has 0 aromatic heterocycles. The van der Waals surface area contributed by atoms with Crippen molar-refractivity contribution >= 4 is 5.91 Å². The van der Waals surface area contributed by atoms with Gasteiger partial charge in [-0.3, -0.25) is 9.69 Å². The Morgan fingerprint density at radius 2 is 1.92 bits per heavy atom. The number of morpholine rings is 1. The Labute approximate surface area is 152 Å². The second kappa shape index (κ2) is 8.38. The van der Waals surface area contributed by atoms with Crippen LogP contribution in [0.5, 0.6) is 0 Å². The summed E-state index contributed by atoms with van der Waals surface area (Å²) in [5.41, 5.74) is 1.39. The molecule has 0 radical (unpaired) electrons. The van der Waals surface area contributed by atoms with Gasteiger partial charge < -0.3 is 9.64 Å². The first-order valence-electron chi connectivity index (χ1n) is 8.59. The van der Waals surface area contributed by atoms with Crippen molar-refractivity contribution in [2.24, 2.45) is 0 Å². The molecule has 3 rings (SSSR count). The summed E-state index contributed by atoms with van der Waals surface area (Å²) in [5, 5.41) is 0. The summed E-state index contributed by atoms with van der Waals surface area (Å²) in [6, 6.07) is 12.7. The predicted molar refractivity (Wildman–Crippen MR) is 94.4 cm³/mol. The molecule has 0 spiro atoms. The third-order valence-electron chi connectivity index (χ3n) is 4.54. The van der Waals surface area contributed by atoms with E-state index in [4.69, 9.17) is 4.74 Å². The maximum absolute atomic E-state index is 13.7. The number of hydrogen-bond acceptors (Lipinski definition) is 3. The van der Waals surface area contributed by atoms with Gasteiger partial charge in [0.1, 0.15) is 11.6 Å². The van der Waals surface area contributed by atoms with E-state index >= 15 is 0 Å². The highest BCUT2D eigenvalue weighted by Gasteiger charge is 2.24. The van der Waals surface area contributed by atoms with Crippen LogP contribution in [0, 0.1) is 11.6 Å². The van der Waals surface area contributed by atoms with Gasteiger partial charge in [-0.1, -0.05) is 30.3 Å². The average Bonchev–Trinajstić information content (AvgIpc) is 2.64. The Balaban J connectivity index is 1.56. The average molecular weight is 360 g/mol. The van der Waals surface area contributed by atoms with Gasteiger partial charge in [0.2, 0.25) is 5.91 Å². The molecule has 1 aliphatic heterocycles. The fraction of sp³-hybridized carbons (Fsp3) is 0.350. The molecule has 1 amide bonds. The molecule has 1 heterocycles. The van der Waals surface area contributed by atoms with Gasteiger partial charge >= 0.3 is 0 Å². The highest BCUT2D eigenvalue weighted by molar-refractivity contribution is 5.78. The number of benzene rings is 2. The third kappa shape index (κ3) is 4.65. The molecule has 0 saturated carbocycles. The van der Waals surface area contributed by atoms with E-state index in [-0.39, 0.29) is 36.7 Å². The molecule has 26 heavy (non-hydrogen) atoms. The fourth-order valence-electron chi connectivity index (χ4n) is 3.01. The van der Waals surface area contributed by atoms with Crippen LogP contribution < -0.4 is 0 Å². The number of halogens is 2. The van der Waals surface area contributed by atoms with Crippen molar-refractivity contribution in [3.8, 4) is 0 Å². The molecule has 1 fully saturated rings. The summed E-state index contributed by atoms with van der Waals surface area (Å²) in [4.78, 5) is 16.0. The van der Waals surface area contributed by atoms with Crippen LogP contribution in [0.1, 0.15) is 17.2 Å². The van der Waals surface area contributed by atoms with E-state index in [1.165, 1.54) is 23.1 Å². The van der Waals surface area contributed by atoms with Gasteiger partial charge in [-0.15, -0.1) is 0 Å². The maximum Gasteiger partial charge on any atom is 0.236 e. The minimum absolute atomic E-state index is 0.0759. The molecular weight excluding hydrogens is 338 g/mol. The summed E-state index contributed by atoms with van der Waals surface area (Å²) < 4.78 is 32.6. The van der Waals surface area contributed by atoms with Crippen molar-refractivity contribution in [3.63, 3.8) is 0 Å². The van der Waals surface area contributed by atoms with Crippen LogP contribution in [0.25, 0.3) is 0 Å². The van der Waals surface area contributed by atoms with Gasteiger partial charge in [-0.2, -0.15) is 0 Å². The monoisotopic (exact) mass is 360 g/mol. The first-order chi connectivity index (χ1) is 12.5. The molecule has 0 aliphatic carbocycles. The van der Waals surface area contributed by atoms with E-state index in [1.54, 1.807) is 37.4 Å². The van der Waals surface area contributed by atoms with Gasteiger partial charge in [-0.25, -0.2) is 8.78 Å². The van der Waals surface area contributed by atoms with E-state index in [0.717, 1.165) is 5.56 Å². The van der Waals surface area contributed by atoms with Gasteiger partial charge in [0.15, 0.2) is 0 Å². The Morgan fingerprint density at radius 3 is 2.65 bits per heavy atom. The molecule has 0 bridgehead atoms. The predicted octanol–water partition coefficient (Wildman–Crippen LogP) is 3.00. The number of likely N-dealkylation sites (N-methyl/N-ethyl adjacent to an activating group) is 1. The van der Waals surface area contributed by atoms with Gasteiger partial charge in [0.05, 0.1) is 19.3 Å². The Hall–Kier alpha value is -2.31. The summed E-state index contributed by atoms with van der Waals surface area (Å²) >= 11 is 0. The molecular formula is C20H22F2N2O2. The van der Waals surface area contributed by atoms with Crippen LogP contribution in [0.2, 0.25) is 0 Å². The molecule has 1 unspecified atom stereocenters. The molecule has 4 nitrogen and oxygen atoms in total. The quantitative estimate of drug-likeness (QED) is 0.822. The maximum atomic E-state index is 13.7. The number of ether oxygens (including phenoxy) is 1. The second-order valence-corrected chi connectivity index (χ2v) is 6.49. The molecule has 138 valence electrons. The van der Waals surface area contributed by atoms with Crippen LogP contribution in [0.3, 0.4) is 0 Å². The summed E-state index contributed by atoms with van der Waals surface area (Å²) in [6.07, 6.45) is -0.186. The Morgan fingerprint density at radius 1 is 1.19 bits per heavy atom. The van der Waals surface area contributed by atoms with E-state index in [0.29, 0.717) is 25.3 Å². The molecule has 1 saturated heterocycles. The minimum Gasteiger partial charge on any atom is -0.371 e. The molecule has 1 aliphatic rings. The number of carbonyl (C=O) groups excluding carboxylic acids is 1. The Bertz CT molecular complexity index is 752. The van der Waals surface area contributed by atoms with Crippen molar-refractivity contribution in [2.75, 3.05) is 33.3 Å². The van der Waals surface area contributed by atoms with Crippen molar-refractivity contribution < 1.29 is 18.3 Å². The molecule has 2 aromatic rings. The lowest BCUT2D eigenvalue weighted by molar-refractivity contribution is -0.133. The SMILES string of the molecule is CN(Cc1ccccc1F)C(=O)CN1CCOC(c2ccc(F)cc2)C1. The number of rotatable bonds is 5. The zero-order valence-electron chi connectivity index (χ0n) is 14.7. The highest BCUT2D eigenvalue weighted by atomic mass is 19.1. The lowest BCUT2D eigenvalue weighted by Crippen LogP contribution is -2.44. The molecule has 2 aromatic carbocycles. The summed E-state index contributed by atoms with van der Waals surface area (Å²) in [7, 11) is 1.67. The third-order valence-corrected chi connectivity index (χ3v) is 4.54. The van der Waals surface area contributed by atoms with Crippen molar-refractivity contribution in [1.82, 2.24) is 9.80 Å². The van der Waals surface area contributed by atoms with E-state index in [1.807, 2.05) is 4.90 Å². The first-order valence-corrected chi connectivity index (χ1v) is 8.59. The minimum atomic E-state index is -0.310. The molecule has 1 atom stereocenters. The highest BCUT2D eigenvalue weighted by Crippen LogP contribution is 2.22. The largest absolute Gasteiger partial charge is 0.371 e. The zero-order chi connectivity index (χ0) is 18.5. The standard InChI is InChI=1S/C20H22F2N2O2/c1-23(12-16-4-2-3-5-18(16)22)20(25)14-24-10-11-26-19(13-24)15-6-8-17(21)9-7-15/h2-9,19H,10-14H2,1H3. The smallest absolute Gasteiger partial charge is 0.236 e.